The van der Waals surface area contributed by atoms with E-state index in [4.69, 9.17) is 0 Å². The van der Waals surface area contributed by atoms with Gasteiger partial charge in [0.1, 0.15) is 0 Å². The number of likely N-dealkylation sites (tertiary alicyclic amines) is 1. The summed E-state index contributed by atoms with van der Waals surface area (Å²) in [5.41, 5.74) is 0.847. The smallest absolute Gasteiger partial charge is 0.234 e. The summed E-state index contributed by atoms with van der Waals surface area (Å²) in [6.45, 7) is 6.60. The highest BCUT2D eigenvalue weighted by molar-refractivity contribution is 5.92. The van der Waals surface area contributed by atoms with Crippen molar-refractivity contribution in [2.24, 2.45) is 17.8 Å². The molecule has 5 heteroatoms. The summed E-state index contributed by atoms with van der Waals surface area (Å²) >= 11 is 0. The number of nitrogens with one attached hydrogen (secondary N) is 2. The summed E-state index contributed by atoms with van der Waals surface area (Å²) < 4.78 is 0. The first-order valence-electron chi connectivity index (χ1n) is 10.4. The summed E-state index contributed by atoms with van der Waals surface area (Å²) in [6, 6.07) is 9.91. The highest BCUT2D eigenvalue weighted by Gasteiger charge is 2.30. The van der Waals surface area contributed by atoms with Crippen LogP contribution in [0.1, 0.15) is 46.0 Å². The van der Waals surface area contributed by atoms with Crippen LogP contribution < -0.4 is 10.6 Å². The second-order valence-corrected chi connectivity index (χ2v) is 8.35. The molecule has 3 atom stereocenters. The van der Waals surface area contributed by atoms with Gasteiger partial charge in [-0.05, 0) is 56.3 Å². The fraction of sp³-hybridized carbons (Fsp3) is 0.636. The molecule has 1 saturated heterocycles. The van der Waals surface area contributed by atoms with E-state index in [0.29, 0.717) is 24.4 Å². The lowest BCUT2D eigenvalue weighted by molar-refractivity contribution is -0.124. The monoisotopic (exact) mass is 371 g/mol. The van der Waals surface area contributed by atoms with Crippen molar-refractivity contribution in [2.45, 2.75) is 52.0 Å². The zero-order valence-corrected chi connectivity index (χ0v) is 16.6. The van der Waals surface area contributed by atoms with Crippen LogP contribution in [0, 0.1) is 17.8 Å². The van der Waals surface area contributed by atoms with Crippen molar-refractivity contribution < 1.29 is 9.59 Å². The number of nitrogens with zero attached hydrogens (tertiary/aromatic N) is 1. The zero-order valence-electron chi connectivity index (χ0n) is 16.6. The van der Waals surface area contributed by atoms with Crippen LogP contribution in [0.2, 0.25) is 0 Å². The third-order valence-electron chi connectivity index (χ3n) is 6.42. The predicted octanol–water partition coefficient (Wildman–Crippen LogP) is 3.28. The molecule has 0 aromatic heterocycles. The number of benzene rings is 1. The van der Waals surface area contributed by atoms with Crippen molar-refractivity contribution in [3.63, 3.8) is 0 Å². The van der Waals surface area contributed by atoms with Gasteiger partial charge in [-0.1, -0.05) is 44.9 Å². The molecule has 2 fully saturated rings. The number of anilines is 1. The van der Waals surface area contributed by atoms with Crippen LogP contribution in [-0.4, -0.2) is 42.4 Å². The molecule has 0 bridgehead atoms. The molecule has 1 saturated carbocycles. The molecular formula is C22H33N3O2. The van der Waals surface area contributed by atoms with Crippen LogP contribution in [-0.2, 0) is 9.59 Å². The number of carbonyl (C=O) groups excluding carboxylic acids is 2. The third-order valence-corrected chi connectivity index (χ3v) is 6.42. The zero-order chi connectivity index (χ0) is 19.2. The van der Waals surface area contributed by atoms with Crippen molar-refractivity contribution in [2.75, 3.05) is 25.0 Å². The van der Waals surface area contributed by atoms with Crippen molar-refractivity contribution in [1.82, 2.24) is 10.2 Å². The molecule has 0 spiro atoms. The lowest BCUT2D eigenvalue weighted by Gasteiger charge is -2.36. The Hall–Kier alpha value is -1.88. The molecule has 1 heterocycles. The topological polar surface area (TPSA) is 61.4 Å². The normalized spacial score (nSPS) is 27.1. The molecule has 2 amide bonds. The molecule has 2 N–H and O–H groups in total. The molecule has 27 heavy (non-hydrogen) atoms. The number of amides is 2. The van der Waals surface area contributed by atoms with E-state index >= 15 is 0 Å². The van der Waals surface area contributed by atoms with Gasteiger partial charge in [0, 0.05) is 17.6 Å². The fourth-order valence-electron chi connectivity index (χ4n) is 4.36. The second kappa shape index (κ2) is 9.36. The SMILES string of the molecule is C[C@@H]1[C@H](C)CCC[C@H]1NC(=O)CN1CCC(C(=O)Nc2ccccc2)CC1. The molecule has 5 nitrogen and oxygen atoms in total. The Morgan fingerprint density at radius 3 is 2.44 bits per heavy atom. The highest BCUT2D eigenvalue weighted by Crippen LogP contribution is 2.29. The number of para-hydroxylation sites is 1. The third kappa shape index (κ3) is 5.55. The molecule has 0 radical (unpaired) electrons. The molecular weight excluding hydrogens is 338 g/mol. The van der Waals surface area contributed by atoms with Crippen molar-refractivity contribution in [3.8, 4) is 0 Å². The van der Waals surface area contributed by atoms with Gasteiger partial charge in [0.2, 0.25) is 11.8 Å². The quantitative estimate of drug-likeness (QED) is 0.835. The molecule has 1 aliphatic heterocycles. The predicted molar refractivity (Wildman–Crippen MR) is 108 cm³/mol. The van der Waals surface area contributed by atoms with Gasteiger partial charge in [-0.25, -0.2) is 0 Å². The summed E-state index contributed by atoms with van der Waals surface area (Å²) in [5.74, 6) is 1.49. The van der Waals surface area contributed by atoms with Gasteiger partial charge < -0.3 is 10.6 Å². The van der Waals surface area contributed by atoms with Crippen molar-refractivity contribution in [3.05, 3.63) is 30.3 Å². The number of piperidine rings is 1. The van der Waals surface area contributed by atoms with Crippen molar-refractivity contribution >= 4 is 17.5 Å². The summed E-state index contributed by atoms with van der Waals surface area (Å²) in [4.78, 5) is 27.1. The fourth-order valence-corrected chi connectivity index (χ4v) is 4.36. The second-order valence-electron chi connectivity index (χ2n) is 8.35. The van der Waals surface area contributed by atoms with Gasteiger partial charge in [0.05, 0.1) is 6.54 Å². The Morgan fingerprint density at radius 2 is 1.74 bits per heavy atom. The first-order valence-corrected chi connectivity index (χ1v) is 10.4. The largest absolute Gasteiger partial charge is 0.352 e. The molecule has 1 aromatic carbocycles. The van der Waals surface area contributed by atoms with Crippen molar-refractivity contribution in [1.29, 1.82) is 0 Å². The maximum Gasteiger partial charge on any atom is 0.234 e. The summed E-state index contributed by atoms with van der Waals surface area (Å²) in [5, 5.41) is 6.25. The summed E-state index contributed by atoms with van der Waals surface area (Å²) in [7, 11) is 0. The van der Waals surface area contributed by atoms with Gasteiger partial charge in [0.25, 0.3) is 0 Å². The van der Waals surface area contributed by atoms with E-state index < -0.39 is 0 Å². The van der Waals surface area contributed by atoms with Crippen LogP contribution in [0.3, 0.4) is 0 Å². The highest BCUT2D eigenvalue weighted by atomic mass is 16.2. The Labute approximate surface area is 162 Å². The van der Waals surface area contributed by atoms with E-state index in [1.54, 1.807) is 0 Å². The lowest BCUT2D eigenvalue weighted by atomic mass is 9.78. The maximum absolute atomic E-state index is 12.5. The van der Waals surface area contributed by atoms with Crippen LogP contribution in [0.15, 0.2) is 30.3 Å². The first-order chi connectivity index (χ1) is 13.0. The Bertz CT molecular complexity index is 626. The van der Waals surface area contributed by atoms with Gasteiger partial charge in [-0.2, -0.15) is 0 Å². The van der Waals surface area contributed by atoms with E-state index in [2.05, 4.69) is 29.4 Å². The lowest BCUT2D eigenvalue weighted by Crippen LogP contribution is -2.49. The molecule has 148 valence electrons. The average molecular weight is 372 g/mol. The molecule has 2 aliphatic rings. The van der Waals surface area contributed by atoms with Crippen LogP contribution in [0.5, 0.6) is 0 Å². The Balaban J connectivity index is 1.40. The van der Waals surface area contributed by atoms with E-state index in [9.17, 15) is 9.59 Å². The maximum atomic E-state index is 12.5. The van der Waals surface area contributed by atoms with Gasteiger partial charge in [-0.3, -0.25) is 14.5 Å². The number of carbonyl (C=O) groups is 2. The van der Waals surface area contributed by atoms with E-state index in [-0.39, 0.29) is 17.7 Å². The Kier molecular flexibility index (Phi) is 6.89. The average Bonchev–Trinajstić information content (AvgIpc) is 2.67. The van der Waals surface area contributed by atoms with E-state index in [0.717, 1.165) is 38.0 Å². The molecule has 1 aliphatic carbocycles. The van der Waals surface area contributed by atoms with Crippen LogP contribution in [0.4, 0.5) is 5.69 Å². The van der Waals surface area contributed by atoms with Gasteiger partial charge in [-0.15, -0.1) is 0 Å². The van der Waals surface area contributed by atoms with E-state index in [1.165, 1.54) is 12.8 Å². The van der Waals surface area contributed by atoms with Crippen LogP contribution >= 0.6 is 0 Å². The van der Waals surface area contributed by atoms with E-state index in [1.807, 2.05) is 30.3 Å². The van der Waals surface area contributed by atoms with Gasteiger partial charge >= 0.3 is 0 Å². The molecule has 3 rings (SSSR count). The molecule has 1 aromatic rings. The minimum absolute atomic E-state index is 0.0312. The van der Waals surface area contributed by atoms with Gasteiger partial charge in [0.15, 0.2) is 0 Å². The number of rotatable bonds is 5. The number of hydrogen-bond donors (Lipinski definition) is 2. The van der Waals surface area contributed by atoms with Crippen LogP contribution in [0.25, 0.3) is 0 Å². The first kappa shape index (κ1) is 19.9. The number of hydrogen-bond acceptors (Lipinski definition) is 3. The minimum atomic E-state index is 0.0312. The molecule has 0 unspecified atom stereocenters. The summed E-state index contributed by atoms with van der Waals surface area (Å²) in [6.07, 6.45) is 5.19. The minimum Gasteiger partial charge on any atom is -0.352 e. The Morgan fingerprint density at radius 1 is 1.04 bits per heavy atom. The standard InChI is InChI=1S/C22H33N3O2/c1-16-7-6-10-20(17(16)2)24-21(26)15-25-13-11-18(12-14-25)22(27)23-19-8-4-3-5-9-19/h3-5,8-9,16-18,20H,6-7,10-15H2,1-2H3,(H,23,27)(H,24,26)/t16-,17-,20-/m1/s1.